The van der Waals surface area contributed by atoms with Gasteiger partial charge in [0.25, 0.3) is 0 Å². The first-order chi connectivity index (χ1) is 8.90. The van der Waals surface area contributed by atoms with Crippen molar-refractivity contribution < 1.29 is 18.3 Å². The van der Waals surface area contributed by atoms with Gasteiger partial charge < -0.3 is 5.11 Å². The van der Waals surface area contributed by atoms with Gasteiger partial charge in [-0.1, -0.05) is 16.8 Å². The second-order valence-electron chi connectivity index (χ2n) is 3.82. The minimum absolute atomic E-state index is 0.0379. The van der Waals surface area contributed by atoms with Crippen molar-refractivity contribution in [3.05, 3.63) is 40.7 Å². The fourth-order valence-electron chi connectivity index (χ4n) is 1.52. The van der Waals surface area contributed by atoms with Gasteiger partial charge in [0.2, 0.25) is 0 Å². The van der Waals surface area contributed by atoms with Crippen molar-refractivity contribution in [3.63, 3.8) is 0 Å². The summed E-state index contributed by atoms with van der Waals surface area (Å²) >= 11 is 5.67. The summed E-state index contributed by atoms with van der Waals surface area (Å²) in [5, 5.41) is 16.1. The molecule has 4 nitrogen and oxygen atoms in total. The lowest BCUT2D eigenvalue weighted by molar-refractivity contribution is -0.137. The van der Waals surface area contributed by atoms with E-state index in [2.05, 4.69) is 10.3 Å². The molecule has 0 bridgehead atoms. The van der Waals surface area contributed by atoms with E-state index in [9.17, 15) is 13.2 Å². The molecule has 0 aliphatic carbocycles. The van der Waals surface area contributed by atoms with Crippen LogP contribution in [0.15, 0.2) is 24.4 Å². The molecule has 102 valence electrons. The van der Waals surface area contributed by atoms with Gasteiger partial charge in [-0.3, -0.25) is 0 Å². The predicted molar refractivity (Wildman–Crippen MR) is 62.2 cm³/mol. The van der Waals surface area contributed by atoms with E-state index >= 15 is 0 Å². The van der Waals surface area contributed by atoms with Gasteiger partial charge in [-0.15, -0.1) is 5.10 Å². The highest BCUT2D eigenvalue weighted by Crippen LogP contribution is 2.32. The van der Waals surface area contributed by atoms with Gasteiger partial charge >= 0.3 is 6.18 Å². The highest BCUT2D eigenvalue weighted by molar-refractivity contribution is 6.30. The van der Waals surface area contributed by atoms with Crippen LogP contribution in [0.2, 0.25) is 5.02 Å². The average Bonchev–Trinajstić information content (AvgIpc) is 2.76. The zero-order valence-electron chi connectivity index (χ0n) is 9.52. The second kappa shape index (κ2) is 5.18. The lowest BCUT2D eigenvalue weighted by Crippen LogP contribution is -2.06. The summed E-state index contributed by atoms with van der Waals surface area (Å²) < 4.78 is 39.1. The van der Waals surface area contributed by atoms with E-state index in [0.29, 0.717) is 5.69 Å². The molecule has 0 spiro atoms. The van der Waals surface area contributed by atoms with Crippen LogP contribution in [-0.2, 0) is 12.6 Å². The number of alkyl halides is 3. The summed E-state index contributed by atoms with van der Waals surface area (Å²) in [5.74, 6) is 0. The standard InChI is InChI=1S/C11H9ClF3N3O/c12-8-3-7(11(13,14)15)4-10(5-8)18-6-9(1-2-19)16-17-18/h3-6,19H,1-2H2. The monoisotopic (exact) mass is 291 g/mol. The van der Waals surface area contributed by atoms with E-state index < -0.39 is 11.7 Å². The molecule has 0 radical (unpaired) electrons. The number of halogens is 4. The third-order valence-corrected chi connectivity index (χ3v) is 2.60. The maximum atomic E-state index is 12.7. The molecule has 0 saturated carbocycles. The van der Waals surface area contributed by atoms with Crippen molar-refractivity contribution in [2.24, 2.45) is 0 Å². The fourth-order valence-corrected chi connectivity index (χ4v) is 1.75. The van der Waals surface area contributed by atoms with Crippen LogP contribution >= 0.6 is 11.6 Å². The number of nitrogens with zero attached hydrogens (tertiary/aromatic N) is 3. The zero-order valence-corrected chi connectivity index (χ0v) is 10.3. The SMILES string of the molecule is OCCc1cn(-c2cc(Cl)cc(C(F)(F)F)c2)nn1. The Labute approximate surface area is 111 Å². The largest absolute Gasteiger partial charge is 0.416 e. The number of aromatic nitrogens is 3. The molecule has 2 rings (SSSR count). The maximum absolute atomic E-state index is 12.7. The average molecular weight is 292 g/mol. The highest BCUT2D eigenvalue weighted by Gasteiger charge is 2.31. The molecule has 8 heteroatoms. The van der Waals surface area contributed by atoms with Crippen LogP contribution in [0.5, 0.6) is 0 Å². The van der Waals surface area contributed by atoms with Crippen LogP contribution in [0.4, 0.5) is 13.2 Å². The summed E-state index contributed by atoms with van der Waals surface area (Å²) in [6.07, 6.45) is -2.75. The highest BCUT2D eigenvalue weighted by atomic mass is 35.5. The van der Waals surface area contributed by atoms with E-state index in [1.165, 1.54) is 16.9 Å². The Morgan fingerprint density at radius 2 is 2.00 bits per heavy atom. The van der Waals surface area contributed by atoms with E-state index in [-0.39, 0.29) is 23.7 Å². The molecule has 2 aromatic rings. The lowest BCUT2D eigenvalue weighted by Gasteiger charge is -2.09. The molecule has 0 atom stereocenters. The molecule has 0 amide bonds. The summed E-state index contributed by atoms with van der Waals surface area (Å²) in [6.45, 7) is -0.109. The van der Waals surface area contributed by atoms with E-state index in [1.54, 1.807) is 0 Å². The number of aliphatic hydroxyl groups excluding tert-OH is 1. The Balaban J connectivity index is 2.41. The molecule has 1 aromatic carbocycles. The number of aliphatic hydroxyl groups is 1. The first-order valence-electron chi connectivity index (χ1n) is 5.30. The van der Waals surface area contributed by atoms with Gasteiger partial charge in [-0.05, 0) is 18.2 Å². The third kappa shape index (κ3) is 3.24. The summed E-state index contributed by atoms with van der Waals surface area (Å²) in [6, 6.07) is 3.13. The van der Waals surface area contributed by atoms with Crippen LogP contribution in [-0.4, -0.2) is 26.7 Å². The molecular formula is C11H9ClF3N3O. The molecular weight excluding hydrogens is 283 g/mol. The topological polar surface area (TPSA) is 50.9 Å². The quantitative estimate of drug-likeness (QED) is 0.945. The van der Waals surface area contributed by atoms with Crippen molar-refractivity contribution in [1.82, 2.24) is 15.0 Å². The van der Waals surface area contributed by atoms with Crippen LogP contribution in [0.3, 0.4) is 0 Å². The van der Waals surface area contributed by atoms with Gasteiger partial charge in [0.15, 0.2) is 0 Å². The van der Waals surface area contributed by atoms with Gasteiger partial charge in [-0.2, -0.15) is 13.2 Å². The second-order valence-corrected chi connectivity index (χ2v) is 4.26. The zero-order chi connectivity index (χ0) is 14.0. The van der Waals surface area contributed by atoms with Crippen molar-refractivity contribution in [3.8, 4) is 5.69 Å². The molecule has 0 unspecified atom stereocenters. The molecule has 0 aliphatic heterocycles. The van der Waals surface area contributed by atoms with Gasteiger partial charge in [0.1, 0.15) is 0 Å². The van der Waals surface area contributed by atoms with Crippen LogP contribution < -0.4 is 0 Å². The van der Waals surface area contributed by atoms with E-state index in [1.807, 2.05) is 0 Å². The molecule has 1 aromatic heterocycles. The Morgan fingerprint density at radius 1 is 1.26 bits per heavy atom. The number of rotatable bonds is 3. The van der Waals surface area contributed by atoms with E-state index in [4.69, 9.17) is 16.7 Å². The number of benzene rings is 1. The molecule has 0 saturated heterocycles. The normalized spacial score (nSPS) is 11.8. The van der Waals surface area contributed by atoms with Crippen molar-refractivity contribution >= 4 is 11.6 Å². The van der Waals surface area contributed by atoms with E-state index in [0.717, 1.165) is 12.1 Å². The van der Waals surface area contributed by atoms with Gasteiger partial charge in [0, 0.05) is 18.1 Å². The van der Waals surface area contributed by atoms with Crippen molar-refractivity contribution in [1.29, 1.82) is 0 Å². The molecule has 19 heavy (non-hydrogen) atoms. The van der Waals surface area contributed by atoms with Crippen LogP contribution in [0.25, 0.3) is 5.69 Å². The van der Waals surface area contributed by atoms with Crippen molar-refractivity contribution in [2.45, 2.75) is 12.6 Å². The number of hydrogen-bond donors (Lipinski definition) is 1. The van der Waals surface area contributed by atoms with Gasteiger partial charge in [-0.25, -0.2) is 4.68 Å². The fraction of sp³-hybridized carbons (Fsp3) is 0.273. The summed E-state index contributed by atoms with van der Waals surface area (Å²) in [5.41, 5.74) is -0.207. The van der Waals surface area contributed by atoms with Crippen LogP contribution in [0.1, 0.15) is 11.3 Å². The molecule has 0 aliphatic rings. The molecule has 0 fully saturated rings. The van der Waals surface area contributed by atoms with Crippen molar-refractivity contribution in [2.75, 3.05) is 6.61 Å². The summed E-state index contributed by atoms with van der Waals surface area (Å²) in [7, 11) is 0. The Kier molecular flexibility index (Phi) is 3.77. The maximum Gasteiger partial charge on any atom is 0.416 e. The third-order valence-electron chi connectivity index (χ3n) is 2.38. The molecule has 1 N–H and O–H groups in total. The Morgan fingerprint density at radius 3 is 2.63 bits per heavy atom. The van der Waals surface area contributed by atoms with Crippen LogP contribution in [0, 0.1) is 0 Å². The minimum atomic E-state index is -4.48. The smallest absolute Gasteiger partial charge is 0.396 e. The minimum Gasteiger partial charge on any atom is -0.396 e. The Bertz CT molecular complexity index is 583. The summed E-state index contributed by atoms with van der Waals surface area (Å²) in [4.78, 5) is 0. The molecule has 1 heterocycles. The first kappa shape index (κ1) is 13.8. The number of hydrogen-bond acceptors (Lipinski definition) is 3. The predicted octanol–water partition coefficient (Wildman–Crippen LogP) is 2.47. The van der Waals surface area contributed by atoms with Gasteiger partial charge in [0.05, 0.1) is 23.1 Å². The lowest BCUT2D eigenvalue weighted by atomic mass is 10.2. The first-order valence-corrected chi connectivity index (χ1v) is 5.68. The Hall–Kier alpha value is -1.60.